The Morgan fingerprint density at radius 1 is 0.895 bits per heavy atom. The van der Waals surface area contributed by atoms with Crippen molar-refractivity contribution >= 4 is 60.5 Å². The standard InChI is InChI=1S/C25H25Cl2N3O6S2/c1-36-22-6-10-24(11-7-22)38(34,35)30-12-2-3-17(16-30)25(31)28-20-4-8-23(9-5-20)37(32,33)29-21-14-18(26)13-19(27)15-21/h4-11,13-15,17,29H,2-3,12,16H2,1H3,(H,28,31). The van der Waals surface area contributed by atoms with E-state index in [0.29, 0.717) is 30.8 Å². The molecule has 38 heavy (non-hydrogen) atoms. The largest absolute Gasteiger partial charge is 0.497 e. The lowest BCUT2D eigenvalue weighted by Gasteiger charge is -2.31. The zero-order chi connectivity index (χ0) is 27.5. The smallest absolute Gasteiger partial charge is 0.261 e. The average molecular weight is 599 g/mol. The number of piperidine rings is 1. The van der Waals surface area contributed by atoms with Gasteiger partial charge in [-0.2, -0.15) is 4.31 Å². The Bertz CT molecular complexity index is 1510. The Balaban J connectivity index is 1.41. The van der Waals surface area contributed by atoms with E-state index in [1.54, 1.807) is 12.1 Å². The van der Waals surface area contributed by atoms with Crippen LogP contribution in [0.1, 0.15) is 12.8 Å². The van der Waals surface area contributed by atoms with Crippen LogP contribution in [0.15, 0.2) is 76.5 Å². The first-order chi connectivity index (χ1) is 18.0. The predicted octanol–water partition coefficient (Wildman–Crippen LogP) is 4.84. The molecule has 1 saturated heterocycles. The van der Waals surface area contributed by atoms with Gasteiger partial charge in [-0.05, 0) is 79.6 Å². The fourth-order valence-corrected chi connectivity index (χ4v) is 7.15. The number of nitrogens with one attached hydrogen (secondary N) is 2. The number of benzene rings is 3. The zero-order valence-electron chi connectivity index (χ0n) is 20.2. The fraction of sp³-hybridized carbons (Fsp3) is 0.240. The van der Waals surface area contributed by atoms with Gasteiger partial charge in [0.05, 0.1) is 28.5 Å². The van der Waals surface area contributed by atoms with Crippen LogP contribution in [0.4, 0.5) is 11.4 Å². The number of methoxy groups -OCH3 is 1. The first-order valence-electron chi connectivity index (χ1n) is 11.5. The number of sulfonamides is 2. The van der Waals surface area contributed by atoms with E-state index in [4.69, 9.17) is 27.9 Å². The second-order valence-electron chi connectivity index (χ2n) is 8.65. The fourth-order valence-electron chi connectivity index (χ4n) is 4.06. The third-order valence-corrected chi connectivity index (χ3v) is 9.71. The molecule has 1 atom stereocenters. The van der Waals surface area contributed by atoms with Gasteiger partial charge in [-0.3, -0.25) is 9.52 Å². The SMILES string of the molecule is COc1ccc(S(=O)(=O)N2CCCC(C(=O)Nc3ccc(S(=O)(=O)Nc4cc(Cl)cc(Cl)c4)cc3)C2)cc1. The van der Waals surface area contributed by atoms with Gasteiger partial charge in [-0.15, -0.1) is 0 Å². The van der Waals surface area contributed by atoms with Crippen molar-refractivity contribution in [3.63, 3.8) is 0 Å². The molecule has 3 aromatic carbocycles. The second kappa shape index (κ2) is 11.5. The van der Waals surface area contributed by atoms with Gasteiger partial charge in [0.15, 0.2) is 0 Å². The Kier molecular flexibility index (Phi) is 8.53. The van der Waals surface area contributed by atoms with Crippen LogP contribution in [0.3, 0.4) is 0 Å². The van der Waals surface area contributed by atoms with Crippen molar-refractivity contribution in [2.75, 3.05) is 30.2 Å². The quantitative estimate of drug-likeness (QED) is 0.383. The van der Waals surface area contributed by atoms with Crippen molar-refractivity contribution in [2.24, 2.45) is 5.92 Å². The third kappa shape index (κ3) is 6.59. The van der Waals surface area contributed by atoms with Crippen LogP contribution in [0.5, 0.6) is 5.75 Å². The Morgan fingerprint density at radius 2 is 1.50 bits per heavy atom. The zero-order valence-corrected chi connectivity index (χ0v) is 23.4. The maximum absolute atomic E-state index is 13.1. The van der Waals surface area contributed by atoms with Crippen molar-refractivity contribution < 1.29 is 26.4 Å². The summed E-state index contributed by atoms with van der Waals surface area (Å²) in [5, 5.41) is 3.32. The first kappa shape index (κ1) is 28.2. The predicted molar refractivity (Wildman–Crippen MR) is 147 cm³/mol. The molecule has 1 aliphatic rings. The third-order valence-electron chi connectivity index (χ3n) is 6.00. The number of carbonyl (C=O) groups is 1. The minimum atomic E-state index is -3.93. The van der Waals surface area contributed by atoms with E-state index in [2.05, 4.69) is 10.0 Å². The monoisotopic (exact) mass is 597 g/mol. The summed E-state index contributed by atoms with van der Waals surface area (Å²) in [6.45, 7) is 0.355. The summed E-state index contributed by atoms with van der Waals surface area (Å²) < 4.78 is 60.5. The van der Waals surface area contributed by atoms with Crippen molar-refractivity contribution in [1.82, 2.24) is 4.31 Å². The van der Waals surface area contributed by atoms with Crippen LogP contribution >= 0.6 is 23.2 Å². The number of ether oxygens (including phenoxy) is 1. The Labute approximate surface area is 231 Å². The van der Waals surface area contributed by atoms with Gasteiger partial charge < -0.3 is 10.1 Å². The number of hydrogen-bond donors (Lipinski definition) is 2. The maximum atomic E-state index is 13.1. The molecule has 0 spiro atoms. The highest BCUT2D eigenvalue weighted by atomic mass is 35.5. The van der Waals surface area contributed by atoms with Crippen LogP contribution in [0.25, 0.3) is 0 Å². The van der Waals surface area contributed by atoms with Gasteiger partial charge in [0.2, 0.25) is 15.9 Å². The molecule has 1 aliphatic heterocycles. The normalized spacial score (nSPS) is 16.6. The van der Waals surface area contributed by atoms with Gasteiger partial charge in [0.25, 0.3) is 10.0 Å². The van der Waals surface area contributed by atoms with Crippen molar-refractivity contribution in [2.45, 2.75) is 22.6 Å². The summed E-state index contributed by atoms with van der Waals surface area (Å²) in [5.74, 6) is -0.361. The van der Waals surface area contributed by atoms with Gasteiger partial charge in [0, 0.05) is 28.8 Å². The van der Waals surface area contributed by atoms with E-state index < -0.39 is 26.0 Å². The molecule has 0 bridgehead atoms. The molecule has 0 aromatic heterocycles. The second-order valence-corrected chi connectivity index (χ2v) is 13.1. The maximum Gasteiger partial charge on any atom is 0.261 e. The number of rotatable bonds is 8. The lowest BCUT2D eigenvalue weighted by molar-refractivity contribution is -0.120. The number of halogens is 2. The molecule has 0 saturated carbocycles. The van der Waals surface area contributed by atoms with Crippen LogP contribution in [0.2, 0.25) is 10.0 Å². The highest BCUT2D eigenvalue weighted by Gasteiger charge is 2.33. The van der Waals surface area contributed by atoms with E-state index >= 15 is 0 Å². The Morgan fingerprint density at radius 3 is 2.11 bits per heavy atom. The molecule has 1 fully saturated rings. The van der Waals surface area contributed by atoms with Crippen LogP contribution in [-0.2, 0) is 24.8 Å². The molecular weight excluding hydrogens is 573 g/mol. The topological polar surface area (TPSA) is 122 Å². The number of amides is 1. The minimum absolute atomic E-state index is 0.0268. The van der Waals surface area contributed by atoms with Gasteiger partial charge in [-0.1, -0.05) is 23.2 Å². The van der Waals surface area contributed by atoms with Gasteiger partial charge >= 0.3 is 0 Å². The van der Waals surface area contributed by atoms with E-state index in [0.717, 1.165) is 0 Å². The lowest BCUT2D eigenvalue weighted by Crippen LogP contribution is -2.43. The number of anilines is 2. The highest BCUT2D eigenvalue weighted by molar-refractivity contribution is 7.92. The minimum Gasteiger partial charge on any atom is -0.497 e. The van der Waals surface area contributed by atoms with E-state index in [9.17, 15) is 21.6 Å². The number of hydrogen-bond acceptors (Lipinski definition) is 6. The van der Waals surface area contributed by atoms with Gasteiger partial charge in [-0.25, -0.2) is 16.8 Å². The molecule has 2 N–H and O–H groups in total. The lowest BCUT2D eigenvalue weighted by atomic mass is 9.99. The molecular formula is C25H25Cl2N3O6S2. The summed E-state index contributed by atoms with van der Waals surface area (Å²) in [6, 6.07) is 16.1. The molecule has 202 valence electrons. The summed E-state index contributed by atoms with van der Waals surface area (Å²) >= 11 is 11.9. The molecule has 0 aliphatic carbocycles. The summed E-state index contributed by atoms with van der Waals surface area (Å²) in [5.41, 5.74) is 0.598. The first-order valence-corrected chi connectivity index (χ1v) is 15.2. The van der Waals surface area contributed by atoms with Gasteiger partial charge in [0.1, 0.15) is 5.75 Å². The molecule has 1 unspecified atom stereocenters. The number of carbonyl (C=O) groups excluding carboxylic acids is 1. The van der Waals surface area contributed by atoms with E-state index in [-0.39, 0.29) is 38.0 Å². The average Bonchev–Trinajstić information content (AvgIpc) is 2.88. The van der Waals surface area contributed by atoms with Crippen molar-refractivity contribution in [3.05, 3.63) is 76.8 Å². The summed E-state index contributed by atoms with van der Waals surface area (Å²) in [7, 11) is -6.20. The van der Waals surface area contributed by atoms with Crippen molar-refractivity contribution in [3.8, 4) is 5.75 Å². The summed E-state index contributed by atoms with van der Waals surface area (Å²) in [6.07, 6.45) is 1.06. The molecule has 13 heteroatoms. The molecule has 1 amide bonds. The highest BCUT2D eigenvalue weighted by Crippen LogP contribution is 2.27. The van der Waals surface area contributed by atoms with Crippen LogP contribution < -0.4 is 14.8 Å². The van der Waals surface area contributed by atoms with Crippen molar-refractivity contribution in [1.29, 1.82) is 0 Å². The van der Waals surface area contributed by atoms with E-state index in [1.807, 2.05) is 0 Å². The van der Waals surface area contributed by atoms with Crippen LogP contribution in [0, 0.1) is 5.92 Å². The Hall–Kier alpha value is -2.83. The molecule has 0 radical (unpaired) electrons. The molecule has 4 rings (SSSR count). The summed E-state index contributed by atoms with van der Waals surface area (Å²) in [4.78, 5) is 13.0. The molecule has 9 nitrogen and oxygen atoms in total. The molecule has 3 aromatic rings. The number of nitrogens with zero attached hydrogens (tertiary/aromatic N) is 1. The molecule has 1 heterocycles. The van der Waals surface area contributed by atoms with E-state index in [1.165, 1.54) is 66.0 Å². The van der Waals surface area contributed by atoms with Crippen LogP contribution in [-0.4, -0.2) is 47.2 Å².